The van der Waals surface area contributed by atoms with E-state index in [9.17, 15) is 14.9 Å². The zero-order valence-electron chi connectivity index (χ0n) is 8.11. The third-order valence-corrected chi connectivity index (χ3v) is 1.96. The first-order valence-electron chi connectivity index (χ1n) is 4.04. The van der Waals surface area contributed by atoms with Gasteiger partial charge in [0.2, 0.25) is 0 Å². The van der Waals surface area contributed by atoms with Crippen molar-refractivity contribution in [3.8, 4) is 5.75 Å². The number of nitrogens with zero attached hydrogens (tertiary/aromatic N) is 1. The molecule has 80 valence electrons. The van der Waals surface area contributed by atoms with Crippen LogP contribution in [0.3, 0.4) is 0 Å². The van der Waals surface area contributed by atoms with Crippen molar-refractivity contribution < 1.29 is 14.5 Å². The highest BCUT2D eigenvalue weighted by molar-refractivity contribution is 6.61. The van der Waals surface area contributed by atoms with Crippen LogP contribution in [0.2, 0.25) is 0 Å². The maximum atomic E-state index is 10.6. The SMILES string of the molecule is Cc1cc([N+](=O)[O-])c(C)cc1OC(=O)Cl. The number of carbonyl (C=O) groups is 1. The van der Waals surface area contributed by atoms with Gasteiger partial charge in [-0.15, -0.1) is 0 Å². The van der Waals surface area contributed by atoms with Gasteiger partial charge in [0.15, 0.2) is 0 Å². The van der Waals surface area contributed by atoms with Gasteiger partial charge in [0.25, 0.3) is 5.69 Å². The number of rotatable bonds is 2. The fourth-order valence-corrected chi connectivity index (χ4v) is 1.25. The molecule has 0 aliphatic heterocycles. The van der Waals surface area contributed by atoms with E-state index in [1.54, 1.807) is 13.8 Å². The Bertz CT molecular complexity index is 430. The number of halogens is 1. The number of carbonyl (C=O) groups excluding carboxylic acids is 1. The van der Waals surface area contributed by atoms with Crippen molar-refractivity contribution in [3.63, 3.8) is 0 Å². The molecule has 6 heteroatoms. The van der Waals surface area contributed by atoms with Crippen LogP contribution in [0.25, 0.3) is 0 Å². The summed E-state index contributed by atoms with van der Waals surface area (Å²) in [6.07, 6.45) is 0. The zero-order chi connectivity index (χ0) is 11.6. The predicted octanol–water partition coefficient (Wildman–Crippen LogP) is 2.95. The highest BCUT2D eigenvalue weighted by Gasteiger charge is 2.15. The van der Waals surface area contributed by atoms with Crippen molar-refractivity contribution in [1.29, 1.82) is 0 Å². The lowest BCUT2D eigenvalue weighted by Crippen LogP contribution is -2.00. The second-order valence-corrected chi connectivity index (χ2v) is 3.31. The third kappa shape index (κ3) is 2.66. The highest BCUT2D eigenvalue weighted by atomic mass is 35.5. The van der Waals surface area contributed by atoms with E-state index in [1.165, 1.54) is 12.1 Å². The number of aryl methyl sites for hydroxylation is 2. The van der Waals surface area contributed by atoms with Crippen LogP contribution in [0, 0.1) is 24.0 Å². The Hall–Kier alpha value is -1.62. The molecule has 0 radical (unpaired) electrons. The molecule has 0 saturated heterocycles. The van der Waals surface area contributed by atoms with Crippen molar-refractivity contribution in [2.75, 3.05) is 0 Å². The first kappa shape index (κ1) is 11.5. The molecule has 0 spiro atoms. The minimum Gasteiger partial charge on any atom is -0.414 e. The van der Waals surface area contributed by atoms with Crippen molar-refractivity contribution in [2.24, 2.45) is 0 Å². The first-order chi connectivity index (χ1) is 6.91. The Morgan fingerprint density at radius 1 is 1.40 bits per heavy atom. The molecular weight excluding hydrogens is 222 g/mol. The van der Waals surface area contributed by atoms with E-state index in [4.69, 9.17) is 11.6 Å². The molecule has 0 atom stereocenters. The van der Waals surface area contributed by atoms with Crippen molar-refractivity contribution >= 4 is 22.7 Å². The van der Waals surface area contributed by atoms with Gasteiger partial charge in [0.05, 0.1) is 4.92 Å². The fourth-order valence-electron chi connectivity index (χ4n) is 1.17. The third-order valence-electron chi connectivity index (χ3n) is 1.88. The van der Waals surface area contributed by atoms with Gasteiger partial charge in [-0.25, -0.2) is 4.79 Å². The summed E-state index contributed by atoms with van der Waals surface area (Å²) in [4.78, 5) is 20.6. The van der Waals surface area contributed by atoms with E-state index in [-0.39, 0.29) is 11.4 Å². The van der Waals surface area contributed by atoms with Crippen LogP contribution in [0.1, 0.15) is 11.1 Å². The summed E-state index contributed by atoms with van der Waals surface area (Å²) >= 11 is 5.04. The Morgan fingerprint density at radius 2 is 2.00 bits per heavy atom. The van der Waals surface area contributed by atoms with E-state index >= 15 is 0 Å². The first-order valence-corrected chi connectivity index (χ1v) is 4.42. The Balaban J connectivity index is 3.19. The van der Waals surface area contributed by atoms with E-state index in [0.717, 1.165) is 0 Å². The average molecular weight is 230 g/mol. The van der Waals surface area contributed by atoms with Crippen LogP contribution in [0.4, 0.5) is 10.5 Å². The number of nitro groups is 1. The molecule has 0 aliphatic carbocycles. The number of hydrogen-bond acceptors (Lipinski definition) is 4. The number of ether oxygens (including phenoxy) is 1. The normalized spacial score (nSPS) is 9.80. The van der Waals surface area contributed by atoms with Crippen molar-refractivity contribution in [3.05, 3.63) is 33.4 Å². The second-order valence-electron chi connectivity index (χ2n) is 3.00. The van der Waals surface area contributed by atoms with Crippen LogP contribution in [0.15, 0.2) is 12.1 Å². The molecule has 0 unspecified atom stereocenters. The topological polar surface area (TPSA) is 69.4 Å². The van der Waals surface area contributed by atoms with Gasteiger partial charge in [0, 0.05) is 23.2 Å². The molecule has 0 aromatic heterocycles. The second kappa shape index (κ2) is 4.27. The molecule has 15 heavy (non-hydrogen) atoms. The lowest BCUT2D eigenvalue weighted by atomic mass is 10.1. The lowest BCUT2D eigenvalue weighted by Gasteiger charge is -2.05. The summed E-state index contributed by atoms with van der Waals surface area (Å²) in [7, 11) is 0. The maximum absolute atomic E-state index is 10.6. The van der Waals surface area contributed by atoms with Gasteiger partial charge in [-0.05, 0) is 25.5 Å². The molecule has 1 aromatic carbocycles. The Labute approximate surface area is 90.8 Å². The molecular formula is C9H8ClNO4. The molecule has 0 amide bonds. The molecule has 5 nitrogen and oxygen atoms in total. The molecule has 0 fully saturated rings. The average Bonchev–Trinajstić information content (AvgIpc) is 2.09. The maximum Gasteiger partial charge on any atom is 0.409 e. The molecule has 0 bridgehead atoms. The molecule has 0 heterocycles. The minimum atomic E-state index is -0.966. The zero-order valence-corrected chi connectivity index (χ0v) is 8.87. The number of nitro benzene ring substituents is 1. The molecule has 1 rings (SSSR count). The van der Waals surface area contributed by atoms with Crippen LogP contribution < -0.4 is 4.74 Å². The van der Waals surface area contributed by atoms with Crippen LogP contribution in [-0.4, -0.2) is 10.4 Å². The molecule has 0 N–H and O–H groups in total. The molecule has 0 aliphatic rings. The largest absolute Gasteiger partial charge is 0.414 e. The number of benzene rings is 1. The fraction of sp³-hybridized carbons (Fsp3) is 0.222. The van der Waals surface area contributed by atoms with Gasteiger partial charge in [-0.1, -0.05) is 0 Å². The van der Waals surface area contributed by atoms with E-state index < -0.39 is 10.4 Å². The Kier molecular flexibility index (Phi) is 3.26. The predicted molar refractivity (Wildman–Crippen MR) is 54.4 cm³/mol. The van der Waals surface area contributed by atoms with Crippen LogP contribution in [0.5, 0.6) is 5.75 Å². The van der Waals surface area contributed by atoms with Crippen molar-refractivity contribution in [2.45, 2.75) is 13.8 Å². The van der Waals surface area contributed by atoms with Crippen molar-refractivity contribution in [1.82, 2.24) is 0 Å². The summed E-state index contributed by atoms with van der Waals surface area (Å²) in [6, 6.07) is 2.75. The van der Waals surface area contributed by atoms with Crippen LogP contribution in [-0.2, 0) is 0 Å². The van der Waals surface area contributed by atoms with Gasteiger partial charge in [-0.3, -0.25) is 10.1 Å². The van der Waals surface area contributed by atoms with E-state index in [1.807, 2.05) is 0 Å². The van der Waals surface area contributed by atoms with E-state index in [2.05, 4.69) is 4.74 Å². The summed E-state index contributed by atoms with van der Waals surface area (Å²) in [5.41, 5.74) is -0.0759. The molecule has 0 saturated carbocycles. The van der Waals surface area contributed by atoms with Gasteiger partial charge >= 0.3 is 5.43 Å². The summed E-state index contributed by atoms with van der Waals surface area (Å²) in [5.74, 6) is 0.234. The summed E-state index contributed by atoms with van der Waals surface area (Å²) in [6.45, 7) is 3.16. The van der Waals surface area contributed by atoms with Gasteiger partial charge in [-0.2, -0.15) is 0 Å². The van der Waals surface area contributed by atoms with Gasteiger partial charge < -0.3 is 4.74 Å². The Morgan fingerprint density at radius 3 is 2.47 bits per heavy atom. The quantitative estimate of drug-likeness (QED) is 0.444. The lowest BCUT2D eigenvalue weighted by molar-refractivity contribution is -0.385. The van der Waals surface area contributed by atoms with Gasteiger partial charge in [0.1, 0.15) is 5.75 Å². The van der Waals surface area contributed by atoms with E-state index in [0.29, 0.717) is 11.1 Å². The van der Waals surface area contributed by atoms with Crippen LogP contribution >= 0.6 is 11.6 Å². The standard InChI is InChI=1S/C9H8ClNO4/c1-5-4-8(15-9(10)12)6(2)3-7(5)11(13)14/h3-4H,1-2H3. The number of hydrogen-bond donors (Lipinski definition) is 0. The monoisotopic (exact) mass is 229 g/mol. The molecule has 1 aromatic rings. The summed E-state index contributed by atoms with van der Waals surface area (Å²) < 4.78 is 4.66. The highest BCUT2D eigenvalue weighted by Crippen LogP contribution is 2.27. The smallest absolute Gasteiger partial charge is 0.409 e. The minimum absolute atomic E-state index is 0.0122. The summed E-state index contributed by atoms with van der Waals surface area (Å²) in [5, 5.41) is 10.6.